The number of hydrogen-bond donors (Lipinski definition) is 2. The molecule has 0 radical (unpaired) electrons. The van der Waals surface area contributed by atoms with Crippen LogP contribution in [0.5, 0.6) is 0 Å². The highest BCUT2D eigenvalue weighted by Gasteiger charge is 2.34. The van der Waals surface area contributed by atoms with Gasteiger partial charge in [-0.1, -0.05) is 61.2 Å². The number of pyridine rings is 1. The lowest BCUT2D eigenvalue weighted by molar-refractivity contribution is -0.127. The third kappa shape index (κ3) is 5.18. The summed E-state index contributed by atoms with van der Waals surface area (Å²) in [6.45, 7) is 2.01. The van der Waals surface area contributed by atoms with Gasteiger partial charge < -0.3 is 10.3 Å². The topological polar surface area (TPSA) is 78.1 Å². The Bertz CT molecular complexity index is 1320. The zero-order chi connectivity index (χ0) is 24.9. The summed E-state index contributed by atoms with van der Waals surface area (Å²) in [5.41, 5.74) is 4.37. The number of nitrogens with one attached hydrogen (secondary N) is 2. The summed E-state index contributed by atoms with van der Waals surface area (Å²) >= 11 is 0. The van der Waals surface area contributed by atoms with Gasteiger partial charge in [0.1, 0.15) is 6.04 Å². The molecule has 2 aromatic carbocycles. The van der Waals surface area contributed by atoms with Crippen molar-refractivity contribution in [3.8, 4) is 0 Å². The number of carbonyl (C=O) groups excluding carboxylic acids is 2. The molecule has 1 aliphatic rings. The van der Waals surface area contributed by atoms with E-state index < -0.39 is 6.04 Å². The number of benzene rings is 2. The van der Waals surface area contributed by atoms with Crippen molar-refractivity contribution in [3.05, 3.63) is 95.9 Å². The van der Waals surface area contributed by atoms with Crippen LogP contribution in [-0.2, 0) is 16.0 Å². The molecular formula is C30H32N4O2. The molecule has 0 bridgehead atoms. The molecule has 0 aliphatic heterocycles. The number of anilines is 1. The minimum absolute atomic E-state index is 0.133. The van der Waals surface area contributed by atoms with E-state index in [4.69, 9.17) is 0 Å². The van der Waals surface area contributed by atoms with E-state index in [-0.39, 0.29) is 24.3 Å². The molecule has 0 unspecified atom stereocenters. The number of nitrogens with zero attached hydrogens (tertiary/aromatic N) is 2. The highest BCUT2D eigenvalue weighted by molar-refractivity contribution is 6.03. The summed E-state index contributed by atoms with van der Waals surface area (Å²) in [4.78, 5) is 37.1. The number of fused-ring (bicyclic) bond motifs is 1. The van der Waals surface area contributed by atoms with Crippen LogP contribution in [0.3, 0.4) is 0 Å². The van der Waals surface area contributed by atoms with E-state index in [1.807, 2.05) is 73.8 Å². The Kier molecular flexibility index (Phi) is 7.12. The van der Waals surface area contributed by atoms with E-state index in [0.29, 0.717) is 11.3 Å². The Hall–Kier alpha value is -3.93. The molecule has 1 aliphatic carbocycles. The molecule has 0 saturated heterocycles. The average Bonchev–Trinajstić information content (AvgIpc) is 3.31. The van der Waals surface area contributed by atoms with Gasteiger partial charge in [0.15, 0.2) is 0 Å². The number of rotatable bonds is 7. The van der Waals surface area contributed by atoms with E-state index in [1.54, 1.807) is 17.3 Å². The van der Waals surface area contributed by atoms with Crippen LogP contribution in [0, 0.1) is 6.92 Å². The van der Waals surface area contributed by atoms with E-state index in [0.717, 1.165) is 47.7 Å². The maximum Gasteiger partial charge on any atom is 0.248 e. The second-order valence-corrected chi connectivity index (χ2v) is 9.67. The first-order chi connectivity index (χ1) is 17.6. The van der Waals surface area contributed by atoms with Gasteiger partial charge in [-0.3, -0.25) is 19.5 Å². The summed E-state index contributed by atoms with van der Waals surface area (Å²) < 4.78 is 0. The van der Waals surface area contributed by atoms with Crippen molar-refractivity contribution in [2.45, 2.75) is 57.5 Å². The van der Waals surface area contributed by atoms with Crippen LogP contribution in [0.15, 0.2) is 79.3 Å². The van der Waals surface area contributed by atoms with Crippen molar-refractivity contribution >= 4 is 28.4 Å². The highest BCUT2D eigenvalue weighted by Crippen LogP contribution is 2.30. The number of aryl methyl sites for hydroxylation is 1. The lowest BCUT2D eigenvalue weighted by Gasteiger charge is -2.33. The van der Waals surface area contributed by atoms with Crippen LogP contribution in [0.2, 0.25) is 0 Å². The van der Waals surface area contributed by atoms with Crippen molar-refractivity contribution in [2.75, 3.05) is 4.90 Å². The first-order valence-corrected chi connectivity index (χ1v) is 12.7. The van der Waals surface area contributed by atoms with Crippen molar-refractivity contribution in [1.82, 2.24) is 15.3 Å². The first-order valence-electron chi connectivity index (χ1n) is 12.7. The fourth-order valence-electron chi connectivity index (χ4n) is 5.15. The lowest BCUT2D eigenvalue weighted by atomic mass is 9.94. The molecule has 0 spiro atoms. The van der Waals surface area contributed by atoms with Gasteiger partial charge in [0, 0.05) is 46.8 Å². The fourth-order valence-corrected chi connectivity index (χ4v) is 5.15. The van der Waals surface area contributed by atoms with Gasteiger partial charge in [0.2, 0.25) is 11.8 Å². The summed E-state index contributed by atoms with van der Waals surface area (Å²) in [6, 6.07) is 18.7. The number of H-pyrrole nitrogens is 1. The van der Waals surface area contributed by atoms with E-state index in [1.165, 1.54) is 6.42 Å². The van der Waals surface area contributed by atoms with E-state index >= 15 is 0 Å². The standard InChI is InChI=1S/C30H32N4O2/c1-21-13-15-25(16-14-21)34(28(35)18-23-20-32-27-12-6-5-11-26(23)27)29(22-8-7-17-31-19-22)30(36)33-24-9-3-2-4-10-24/h5-8,11-17,19-20,24,29,32H,2-4,9-10,18H2,1H3,(H,33,36)/t29-/m0/s1. The third-order valence-corrected chi connectivity index (χ3v) is 7.06. The number of para-hydroxylation sites is 1. The second kappa shape index (κ2) is 10.8. The smallest absolute Gasteiger partial charge is 0.248 e. The Morgan fingerprint density at radius 3 is 2.56 bits per heavy atom. The summed E-state index contributed by atoms with van der Waals surface area (Å²) in [5.74, 6) is -0.306. The van der Waals surface area contributed by atoms with Crippen LogP contribution in [-0.4, -0.2) is 27.8 Å². The van der Waals surface area contributed by atoms with E-state index in [2.05, 4.69) is 15.3 Å². The van der Waals surface area contributed by atoms with Crippen LogP contribution < -0.4 is 10.2 Å². The molecule has 1 fully saturated rings. The molecule has 4 aromatic rings. The molecule has 5 rings (SSSR count). The largest absolute Gasteiger partial charge is 0.361 e. The fraction of sp³-hybridized carbons (Fsp3) is 0.300. The van der Waals surface area contributed by atoms with Gasteiger partial charge in [-0.25, -0.2) is 0 Å². The Morgan fingerprint density at radius 2 is 1.81 bits per heavy atom. The number of carbonyl (C=O) groups is 2. The van der Waals surface area contributed by atoms with Gasteiger partial charge in [0.05, 0.1) is 6.42 Å². The molecule has 1 saturated carbocycles. The maximum atomic E-state index is 14.1. The van der Waals surface area contributed by atoms with Gasteiger partial charge in [-0.05, 0) is 49.6 Å². The molecule has 6 nitrogen and oxygen atoms in total. The first kappa shape index (κ1) is 23.8. The van der Waals surface area contributed by atoms with Crippen LogP contribution in [0.4, 0.5) is 5.69 Å². The molecule has 2 N–H and O–H groups in total. The van der Waals surface area contributed by atoms with Crippen molar-refractivity contribution in [2.24, 2.45) is 0 Å². The predicted molar refractivity (Wildman–Crippen MR) is 143 cm³/mol. The van der Waals surface area contributed by atoms with Crippen molar-refractivity contribution in [1.29, 1.82) is 0 Å². The third-order valence-electron chi connectivity index (χ3n) is 7.06. The van der Waals surface area contributed by atoms with Gasteiger partial charge in [0.25, 0.3) is 0 Å². The summed E-state index contributed by atoms with van der Waals surface area (Å²) in [5, 5.41) is 4.27. The summed E-state index contributed by atoms with van der Waals surface area (Å²) in [7, 11) is 0. The normalized spacial score (nSPS) is 14.9. The zero-order valence-corrected chi connectivity index (χ0v) is 20.6. The number of hydrogen-bond acceptors (Lipinski definition) is 3. The molecule has 6 heteroatoms. The molecule has 1 atom stereocenters. The predicted octanol–water partition coefficient (Wildman–Crippen LogP) is 5.64. The van der Waals surface area contributed by atoms with Gasteiger partial charge >= 0.3 is 0 Å². The lowest BCUT2D eigenvalue weighted by Crippen LogP contribution is -2.47. The minimum Gasteiger partial charge on any atom is -0.361 e. The SMILES string of the molecule is Cc1ccc(N(C(=O)Cc2c[nH]c3ccccc23)[C@H](C(=O)NC2CCCCC2)c2cccnc2)cc1. The molecular weight excluding hydrogens is 448 g/mol. The van der Waals surface area contributed by atoms with Crippen molar-refractivity contribution in [3.63, 3.8) is 0 Å². The zero-order valence-electron chi connectivity index (χ0n) is 20.6. The minimum atomic E-state index is -0.818. The second-order valence-electron chi connectivity index (χ2n) is 9.67. The van der Waals surface area contributed by atoms with Gasteiger partial charge in [-0.15, -0.1) is 0 Å². The Morgan fingerprint density at radius 1 is 1.03 bits per heavy atom. The Labute approximate surface area is 211 Å². The quantitative estimate of drug-likeness (QED) is 0.359. The molecule has 184 valence electrons. The van der Waals surface area contributed by atoms with Crippen molar-refractivity contribution < 1.29 is 9.59 Å². The van der Waals surface area contributed by atoms with E-state index in [9.17, 15) is 9.59 Å². The average molecular weight is 481 g/mol. The Balaban J connectivity index is 1.54. The molecule has 2 heterocycles. The highest BCUT2D eigenvalue weighted by atomic mass is 16.2. The molecule has 2 amide bonds. The number of amides is 2. The number of aromatic nitrogens is 2. The maximum absolute atomic E-state index is 14.1. The number of aromatic amines is 1. The van der Waals surface area contributed by atoms with Crippen LogP contribution >= 0.6 is 0 Å². The summed E-state index contributed by atoms with van der Waals surface area (Å²) in [6.07, 6.45) is 10.8. The van der Waals surface area contributed by atoms with Crippen LogP contribution in [0.25, 0.3) is 10.9 Å². The monoisotopic (exact) mass is 480 g/mol. The van der Waals surface area contributed by atoms with Crippen LogP contribution in [0.1, 0.15) is 54.8 Å². The molecule has 36 heavy (non-hydrogen) atoms. The van der Waals surface area contributed by atoms with Gasteiger partial charge in [-0.2, -0.15) is 0 Å². The molecule has 2 aromatic heterocycles.